The van der Waals surface area contributed by atoms with Gasteiger partial charge in [-0.05, 0) is 62.6 Å². The summed E-state index contributed by atoms with van der Waals surface area (Å²) in [6.07, 6.45) is -3.83. The average molecular weight is 681 g/mol. The van der Waals surface area contributed by atoms with Gasteiger partial charge in [0, 0.05) is 25.2 Å². The third kappa shape index (κ3) is 14.6. The maximum atomic E-state index is 12.0. The Bertz CT molecular complexity index is 1400. The number of rotatable bonds is 10. The van der Waals surface area contributed by atoms with Crippen molar-refractivity contribution >= 4 is 30.0 Å². The number of alkyl carbamates (subject to hydrolysis) is 1. The number of carboxylic acid groups (broad SMARTS) is 2. The lowest BCUT2D eigenvalue weighted by atomic mass is 9.93. The Kier molecular flexibility index (Phi) is 17.0. The van der Waals surface area contributed by atoms with Gasteiger partial charge in [-0.2, -0.15) is 0 Å². The average Bonchev–Trinajstić information content (AvgIpc) is 3.08. The van der Waals surface area contributed by atoms with Crippen molar-refractivity contribution in [3.05, 3.63) is 108 Å². The van der Waals surface area contributed by atoms with Gasteiger partial charge in [-0.1, -0.05) is 73.7 Å². The lowest BCUT2D eigenvalue weighted by Crippen LogP contribution is -2.51. The fraction of sp³-hybridized carbons (Fsp3) is 0.361. The van der Waals surface area contributed by atoms with Crippen molar-refractivity contribution in [1.82, 2.24) is 10.2 Å². The minimum atomic E-state index is -2.21. The fourth-order valence-corrected chi connectivity index (χ4v) is 4.52. The first kappa shape index (κ1) is 39.9. The van der Waals surface area contributed by atoms with E-state index >= 15 is 0 Å². The van der Waals surface area contributed by atoms with Crippen LogP contribution in [0.15, 0.2) is 91.0 Å². The van der Waals surface area contributed by atoms with E-state index in [1.165, 1.54) is 61.2 Å². The number of aliphatic carboxylic acids is 2. The van der Waals surface area contributed by atoms with Crippen LogP contribution in [0.25, 0.3) is 0 Å². The number of nitrogens with one attached hydrogen (secondary N) is 1. The van der Waals surface area contributed by atoms with Gasteiger partial charge in [0.2, 0.25) is 12.2 Å². The zero-order valence-electron chi connectivity index (χ0n) is 27.9. The standard InChI is InChI=1S/C18H14O8.C15H22N2O2.C3H8O/c19-15(20)13(25-17(23)11-7-3-1-4-8-11)14(16(21)22)26-18(24)12-9-5-2-6-10-12;1-12-8-9-17(10-13-6-4-3-5-7-13)11-14(12)16-15(18)19-2;1-3(2)4/h1-10,13-14H,(H,19,20)(H,21,22);3-7,12,14H,8-11H2,1-2H3,(H,16,18);3-4H,1-2H3/t13-,14-;12-,14+;/m11./s1. The number of carbonyl (C=O) groups is 5. The minimum Gasteiger partial charge on any atom is -0.478 e. The second-order valence-electron chi connectivity index (χ2n) is 11.4. The normalized spacial score (nSPS) is 16.6. The molecular weight excluding hydrogens is 636 g/mol. The molecule has 0 bridgehead atoms. The number of likely N-dealkylation sites (tertiary alicyclic amines) is 1. The Morgan fingerprint density at radius 2 is 1.18 bits per heavy atom. The van der Waals surface area contributed by atoms with Crippen LogP contribution in [-0.4, -0.2) is 94.7 Å². The van der Waals surface area contributed by atoms with Gasteiger partial charge in [0.05, 0.1) is 18.2 Å². The maximum absolute atomic E-state index is 12.0. The summed E-state index contributed by atoms with van der Waals surface area (Å²) >= 11 is 0. The Hall–Kier alpha value is -5.27. The number of esters is 2. The third-order valence-corrected chi connectivity index (χ3v) is 7.03. The maximum Gasteiger partial charge on any atom is 0.407 e. The van der Waals surface area contributed by atoms with Gasteiger partial charge >= 0.3 is 30.0 Å². The van der Waals surface area contributed by atoms with E-state index in [1.54, 1.807) is 26.0 Å². The number of benzene rings is 3. The highest BCUT2D eigenvalue weighted by Gasteiger charge is 2.41. The molecule has 1 fully saturated rings. The number of piperidine rings is 1. The molecule has 0 aromatic heterocycles. The highest BCUT2D eigenvalue weighted by molar-refractivity contribution is 5.95. The van der Waals surface area contributed by atoms with Crippen molar-refractivity contribution in [2.45, 2.75) is 58.1 Å². The van der Waals surface area contributed by atoms with Crippen LogP contribution in [0.4, 0.5) is 4.79 Å². The van der Waals surface area contributed by atoms with E-state index < -0.39 is 36.1 Å². The van der Waals surface area contributed by atoms with Crippen molar-refractivity contribution in [3.8, 4) is 0 Å². The number of aliphatic hydroxyl groups excluding tert-OH is 1. The van der Waals surface area contributed by atoms with E-state index in [1.807, 2.05) is 6.07 Å². The van der Waals surface area contributed by atoms with Crippen LogP contribution in [-0.2, 0) is 30.3 Å². The highest BCUT2D eigenvalue weighted by atomic mass is 16.6. The van der Waals surface area contributed by atoms with Crippen molar-refractivity contribution in [2.24, 2.45) is 5.92 Å². The number of methoxy groups -OCH3 is 1. The Morgan fingerprint density at radius 1 is 0.776 bits per heavy atom. The summed E-state index contributed by atoms with van der Waals surface area (Å²) < 4.78 is 14.2. The van der Waals surface area contributed by atoms with Gasteiger partial charge in [-0.15, -0.1) is 0 Å². The van der Waals surface area contributed by atoms with Crippen LogP contribution < -0.4 is 5.32 Å². The van der Waals surface area contributed by atoms with Crippen LogP contribution in [0.3, 0.4) is 0 Å². The lowest BCUT2D eigenvalue weighted by Gasteiger charge is -2.37. The predicted molar refractivity (Wildman–Crippen MR) is 179 cm³/mol. The first-order valence-electron chi connectivity index (χ1n) is 15.6. The Morgan fingerprint density at radius 3 is 1.57 bits per heavy atom. The molecule has 1 amide bonds. The molecule has 0 spiro atoms. The molecule has 13 heteroatoms. The molecule has 1 aliphatic heterocycles. The van der Waals surface area contributed by atoms with Crippen LogP contribution in [0.1, 0.15) is 53.5 Å². The number of hydrogen-bond donors (Lipinski definition) is 4. The second kappa shape index (κ2) is 20.9. The number of hydrogen-bond acceptors (Lipinski definition) is 10. The number of aliphatic hydroxyl groups is 1. The molecule has 13 nitrogen and oxygen atoms in total. The molecule has 1 heterocycles. The molecule has 4 N–H and O–H groups in total. The monoisotopic (exact) mass is 680 g/mol. The zero-order valence-corrected chi connectivity index (χ0v) is 27.9. The van der Waals surface area contributed by atoms with Crippen molar-refractivity contribution in [3.63, 3.8) is 0 Å². The summed E-state index contributed by atoms with van der Waals surface area (Å²) in [5.74, 6) is -5.14. The molecule has 264 valence electrons. The summed E-state index contributed by atoms with van der Waals surface area (Å²) in [7, 11) is 1.41. The van der Waals surface area contributed by atoms with Gasteiger partial charge in [0.15, 0.2) is 0 Å². The molecule has 3 aromatic rings. The van der Waals surface area contributed by atoms with E-state index in [0.29, 0.717) is 5.92 Å². The number of ether oxygens (including phenoxy) is 3. The summed E-state index contributed by atoms with van der Waals surface area (Å²) in [5.41, 5.74) is 1.36. The van der Waals surface area contributed by atoms with Crippen molar-refractivity contribution in [2.75, 3.05) is 20.2 Å². The summed E-state index contributed by atoms with van der Waals surface area (Å²) in [6, 6.07) is 25.4. The van der Waals surface area contributed by atoms with Gasteiger partial charge in [0.25, 0.3) is 0 Å². The molecule has 4 atom stereocenters. The van der Waals surface area contributed by atoms with Gasteiger partial charge in [0.1, 0.15) is 0 Å². The highest BCUT2D eigenvalue weighted by Crippen LogP contribution is 2.19. The smallest absolute Gasteiger partial charge is 0.407 e. The predicted octanol–water partition coefficient (Wildman–Crippen LogP) is 4.25. The van der Waals surface area contributed by atoms with Crippen LogP contribution in [0.5, 0.6) is 0 Å². The molecule has 0 aliphatic carbocycles. The molecule has 4 rings (SSSR count). The summed E-state index contributed by atoms with van der Waals surface area (Å²) in [5, 5.41) is 29.5. The molecule has 3 aromatic carbocycles. The van der Waals surface area contributed by atoms with Gasteiger partial charge in [-0.25, -0.2) is 24.0 Å². The van der Waals surface area contributed by atoms with E-state index in [-0.39, 0.29) is 29.4 Å². The van der Waals surface area contributed by atoms with Crippen LogP contribution >= 0.6 is 0 Å². The topological polar surface area (TPSA) is 189 Å². The minimum absolute atomic E-state index is 0.0253. The van der Waals surface area contributed by atoms with Crippen molar-refractivity contribution < 1.29 is 53.5 Å². The Labute approximate surface area is 285 Å². The first-order chi connectivity index (χ1) is 23.3. The first-order valence-corrected chi connectivity index (χ1v) is 15.6. The van der Waals surface area contributed by atoms with E-state index in [4.69, 9.17) is 14.6 Å². The van der Waals surface area contributed by atoms with Gasteiger partial charge in [-0.3, -0.25) is 4.90 Å². The number of carbonyl (C=O) groups excluding carboxylic acids is 3. The second-order valence-corrected chi connectivity index (χ2v) is 11.4. The quantitative estimate of drug-likeness (QED) is 0.176. The molecule has 0 unspecified atom stereocenters. The molecule has 1 saturated heterocycles. The summed E-state index contributed by atoms with van der Waals surface area (Å²) in [4.78, 5) is 60.6. The zero-order chi connectivity index (χ0) is 36.3. The van der Waals surface area contributed by atoms with Crippen LogP contribution in [0, 0.1) is 5.92 Å². The van der Waals surface area contributed by atoms with E-state index in [0.717, 1.165) is 26.1 Å². The molecular formula is C36H44N2O11. The molecule has 0 saturated carbocycles. The number of carboxylic acids is 2. The lowest BCUT2D eigenvalue weighted by molar-refractivity contribution is -0.166. The van der Waals surface area contributed by atoms with E-state index in [9.17, 15) is 34.2 Å². The largest absolute Gasteiger partial charge is 0.478 e. The van der Waals surface area contributed by atoms with Gasteiger partial charge < -0.3 is 34.8 Å². The summed E-state index contributed by atoms with van der Waals surface area (Å²) in [6.45, 7) is 8.52. The number of nitrogens with zero attached hydrogens (tertiary/aromatic N) is 1. The van der Waals surface area contributed by atoms with Crippen molar-refractivity contribution in [1.29, 1.82) is 0 Å². The van der Waals surface area contributed by atoms with Crippen LogP contribution in [0.2, 0.25) is 0 Å². The third-order valence-electron chi connectivity index (χ3n) is 7.03. The fourth-order valence-electron chi connectivity index (χ4n) is 4.52. The molecule has 1 aliphatic rings. The van der Waals surface area contributed by atoms with E-state index in [2.05, 4.69) is 46.1 Å². The molecule has 0 radical (unpaired) electrons. The molecule has 49 heavy (non-hydrogen) atoms. The number of amides is 1. The Balaban J connectivity index is 0.000000318. The SMILES string of the molecule is CC(C)O.COC(=O)N[C@H]1CN(Cc2ccccc2)CC[C@H]1C.O=C(O[C@@H](C(=O)O)[C@@H](OC(=O)c1ccccc1)C(=O)O)c1ccccc1.